The zero-order chi connectivity index (χ0) is 5.28. The van der Waals surface area contributed by atoms with Crippen LogP contribution in [0.15, 0.2) is 12.2 Å². The number of hydrogen-bond donors (Lipinski definition) is 1. The van der Waals surface area contributed by atoms with E-state index in [1.165, 1.54) is 6.08 Å². The van der Waals surface area contributed by atoms with Crippen molar-refractivity contribution in [2.45, 2.75) is 12.5 Å². The van der Waals surface area contributed by atoms with Crippen LogP contribution in [-0.2, 0) is 4.79 Å². The molecule has 0 saturated carbocycles. The monoisotopic (exact) mass is 98.0 g/mol. The average Bonchev–Trinajstić information content (AvgIpc) is 1.91. The van der Waals surface area contributed by atoms with Crippen molar-refractivity contribution in [2.75, 3.05) is 0 Å². The van der Waals surface area contributed by atoms with Crippen LogP contribution < -0.4 is 0 Å². The van der Waals surface area contributed by atoms with E-state index in [9.17, 15) is 4.79 Å². The van der Waals surface area contributed by atoms with Crippen LogP contribution in [-0.4, -0.2) is 17.0 Å². The molecule has 1 aliphatic rings. The van der Waals surface area contributed by atoms with Crippen LogP contribution in [0.4, 0.5) is 0 Å². The second-order valence-corrected chi connectivity index (χ2v) is 1.56. The van der Waals surface area contributed by atoms with Gasteiger partial charge in [-0.3, -0.25) is 4.79 Å². The SMILES string of the molecule is O=C1C=CCC1O. The van der Waals surface area contributed by atoms with Crippen molar-refractivity contribution in [1.82, 2.24) is 0 Å². The van der Waals surface area contributed by atoms with E-state index in [-0.39, 0.29) is 5.78 Å². The molecule has 0 heterocycles. The minimum Gasteiger partial charge on any atom is -0.385 e. The minimum absolute atomic E-state index is 0.167. The van der Waals surface area contributed by atoms with Gasteiger partial charge in [0.2, 0.25) is 0 Å². The second kappa shape index (κ2) is 1.46. The lowest BCUT2D eigenvalue weighted by Gasteiger charge is -1.91. The Morgan fingerprint density at radius 2 is 2.57 bits per heavy atom. The number of carbonyl (C=O) groups excluding carboxylic acids is 1. The Kier molecular flexibility index (Phi) is 0.947. The average molecular weight is 98.1 g/mol. The topological polar surface area (TPSA) is 37.3 Å². The van der Waals surface area contributed by atoms with E-state index >= 15 is 0 Å². The second-order valence-electron chi connectivity index (χ2n) is 1.56. The molecule has 1 N–H and O–H groups in total. The van der Waals surface area contributed by atoms with Gasteiger partial charge in [0, 0.05) is 0 Å². The molecule has 0 spiro atoms. The summed E-state index contributed by atoms with van der Waals surface area (Å²) in [5.41, 5.74) is 0. The van der Waals surface area contributed by atoms with E-state index in [1.807, 2.05) is 0 Å². The van der Waals surface area contributed by atoms with Crippen molar-refractivity contribution < 1.29 is 9.90 Å². The van der Waals surface area contributed by atoms with Crippen molar-refractivity contribution in [3.05, 3.63) is 12.2 Å². The third-order valence-corrected chi connectivity index (χ3v) is 0.970. The van der Waals surface area contributed by atoms with Gasteiger partial charge < -0.3 is 5.11 Å². The summed E-state index contributed by atoms with van der Waals surface area (Å²) >= 11 is 0. The molecule has 0 saturated heterocycles. The summed E-state index contributed by atoms with van der Waals surface area (Å²) < 4.78 is 0. The van der Waals surface area contributed by atoms with Crippen molar-refractivity contribution in [2.24, 2.45) is 0 Å². The largest absolute Gasteiger partial charge is 0.385 e. The molecule has 38 valence electrons. The van der Waals surface area contributed by atoms with Gasteiger partial charge in [-0.25, -0.2) is 0 Å². The highest BCUT2D eigenvalue weighted by Gasteiger charge is 2.14. The Hall–Kier alpha value is -0.630. The van der Waals surface area contributed by atoms with Gasteiger partial charge in [-0.05, 0) is 12.5 Å². The van der Waals surface area contributed by atoms with Gasteiger partial charge in [-0.15, -0.1) is 0 Å². The van der Waals surface area contributed by atoms with Crippen LogP contribution in [0.25, 0.3) is 0 Å². The maximum atomic E-state index is 10.2. The smallest absolute Gasteiger partial charge is 0.184 e. The molecule has 0 aromatic rings. The van der Waals surface area contributed by atoms with Gasteiger partial charge in [-0.1, -0.05) is 6.08 Å². The molecule has 7 heavy (non-hydrogen) atoms. The number of rotatable bonds is 0. The van der Waals surface area contributed by atoms with E-state index in [0.717, 1.165) is 0 Å². The summed E-state index contributed by atoms with van der Waals surface area (Å²) in [6.07, 6.45) is 2.84. The molecule has 2 heteroatoms. The molecule has 0 aliphatic heterocycles. The number of carbonyl (C=O) groups is 1. The summed E-state index contributed by atoms with van der Waals surface area (Å²) in [5, 5.41) is 8.59. The van der Waals surface area contributed by atoms with Crippen LogP contribution in [0, 0.1) is 0 Å². The fraction of sp³-hybridized carbons (Fsp3) is 0.400. The molecule has 0 bridgehead atoms. The lowest BCUT2D eigenvalue weighted by atomic mass is 10.3. The lowest BCUT2D eigenvalue weighted by molar-refractivity contribution is -0.121. The van der Waals surface area contributed by atoms with Crippen molar-refractivity contribution in [3.8, 4) is 0 Å². The number of ketones is 1. The maximum Gasteiger partial charge on any atom is 0.184 e. The molecule has 1 aliphatic carbocycles. The lowest BCUT2D eigenvalue weighted by Crippen LogP contribution is -2.10. The van der Waals surface area contributed by atoms with E-state index in [1.54, 1.807) is 6.08 Å². The zero-order valence-corrected chi connectivity index (χ0v) is 3.79. The van der Waals surface area contributed by atoms with Crippen LogP contribution in [0.2, 0.25) is 0 Å². The predicted octanol–water partition coefficient (Wildman–Crippen LogP) is -0.124. The first-order chi connectivity index (χ1) is 3.30. The van der Waals surface area contributed by atoms with Gasteiger partial charge in [0.05, 0.1) is 0 Å². The quantitative estimate of drug-likeness (QED) is 0.458. The third-order valence-electron chi connectivity index (χ3n) is 0.970. The minimum atomic E-state index is -0.736. The Morgan fingerprint density at radius 3 is 2.71 bits per heavy atom. The summed E-state index contributed by atoms with van der Waals surface area (Å²) in [7, 11) is 0. The number of aliphatic hydroxyl groups is 1. The van der Waals surface area contributed by atoms with Gasteiger partial charge in [0.15, 0.2) is 5.78 Å². The molecule has 1 atom stereocenters. The molecule has 1 rings (SSSR count). The molecule has 1 unspecified atom stereocenters. The third kappa shape index (κ3) is 0.695. The fourth-order valence-corrected chi connectivity index (χ4v) is 0.540. The first-order valence-electron chi connectivity index (χ1n) is 2.19. The van der Waals surface area contributed by atoms with E-state index in [4.69, 9.17) is 5.11 Å². The molecule has 0 amide bonds. The highest BCUT2D eigenvalue weighted by molar-refractivity contribution is 5.95. The first kappa shape index (κ1) is 4.53. The Labute approximate surface area is 41.5 Å². The van der Waals surface area contributed by atoms with Gasteiger partial charge in [-0.2, -0.15) is 0 Å². The first-order valence-corrected chi connectivity index (χ1v) is 2.19. The standard InChI is InChI=1S/C5H6O2/c6-4-2-1-3-5(4)7/h1-2,5,7H,3H2. The summed E-state index contributed by atoms with van der Waals surface area (Å²) in [4.78, 5) is 10.2. The zero-order valence-electron chi connectivity index (χ0n) is 3.79. The molecular weight excluding hydrogens is 92.1 g/mol. The molecule has 0 fully saturated rings. The fourth-order valence-electron chi connectivity index (χ4n) is 0.540. The van der Waals surface area contributed by atoms with Crippen LogP contribution in [0.1, 0.15) is 6.42 Å². The normalized spacial score (nSPS) is 29.3. The van der Waals surface area contributed by atoms with E-state index in [0.29, 0.717) is 6.42 Å². The summed E-state index contributed by atoms with van der Waals surface area (Å²) in [6.45, 7) is 0. The maximum absolute atomic E-state index is 10.2. The number of hydrogen-bond acceptors (Lipinski definition) is 2. The highest BCUT2D eigenvalue weighted by Crippen LogP contribution is 2.03. The van der Waals surface area contributed by atoms with Crippen LogP contribution >= 0.6 is 0 Å². The highest BCUT2D eigenvalue weighted by atomic mass is 16.3. The van der Waals surface area contributed by atoms with Crippen LogP contribution in [0.5, 0.6) is 0 Å². The van der Waals surface area contributed by atoms with E-state index in [2.05, 4.69) is 0 Å². The van der Waals surface area contributed by atoms with Crippen LogP contribution in [0.3, 0.4) is 0 Å². The Morgan fingerprint density at radius 1 is 1.86 bits per heavy atom. The molecule has 2 nitrogen and oxygen atoms in total. The summed E-state index contributed by atoms with van der Waals surface area (Å²) in [6, 6.07) is 0. The van der Waals surface area contributed by atoms with Gasteiger partial charge >= 0.3 is 0 Å². The van der Waals surface area contributed by atoms with Crippen molar-refractivity contribution in [3.63, 3.8) is 0 Å². The van der Waals surface area contributed by atoms with Crippen molar-refractivity contribution in [1.29, 1.82) is 0 Å². The number of aliphatic hydroxyl groups excluding tert-OH is 1. The molecular formula is C5H6O2. The Bertz CT molecular complexity index is 115. The molecule has 0 aromatic heterocycles. The van der Waals surface area contributed by atoms with Crippen molar-refractivity contribution >= 4 is 5.78 Å². The van der Waals surface area contributed by atoms with Gasteiger partial charge in [0.25, 0.3) is 0 Å². The predicted molar refractivity (Wildman–Crippen MR) is 24.8 cm³/mol. The Balaban J connectivity index is 2.62. The molecule has 0 radical (unpaired) electrons. The summed E-state index contributed by atoms with van der Waals surface area (Å²) in [5.74, 6) is -0.167. The van der Waals surface area contributed by atoms with Gasteiger partial charge in [0.1, 0.15) is 6.10 Å². The molecule has 0 aromatic carbocycles. The van der Waals surface area contributed by atoms with E-state index < -0.39 is 6.10 Å².